The fourth-order valence-electron chi connectivity index (χ4n) is 4.49. The monoisotopic (exact) mass is 526 g/mol. The van der Waals surface area contributed by atoms with Crippen molar-refractivity contribution in [3.05, 3.63) is 77.9 Å². The summed E-state index contributed by atoms with van der Waals surface area (Å²) in [5.41, 5.74) is 1.38. The number of aromatic nitrogens is 4. The molecule has 1 aromatic carbocycles. The minimum absolute atomic E-state index is 0.0687. The maximum atomic E-state index is 13.5. The van der Waals surface area contributed by atoms with E-state index in [9.17, 15) is 21.6 Å². The molecule has 5 rings (SSSR count). The molecule has 4 aromatic rings. The van der Waals surface area contributed by atoms with Crippen molar-refractivity contribution in [3.63, 3.8) is 0 Å². The first kappa shape index (κ1) is 25.2. The van der Waals surface area contributed by atoms with E-state index < -0.39 is 26.7 Å². The van der Waals surface area contributed by atoms with Gasteiger partial charge in [0, 0.05) is 55.9 Å². The van der Waals surface area contributed by atoms with E-state index in [4.69, 9.17) is 7.85 Å². The van der Waals surface area contributed by atoms with Gasteiger partial charge in [0.2, 0.25) is 10.0 Å². The van der Waals surface area contributed by atoms with Gasteiger partial charge in [-0.2, -0.15) is 27.1 Å². The van der Waals surface area contributed by atoms with Crippen LogP contribution in [0, 0.1) is 0 Å². The van der Waals surface area contributed by atoms with Crippen molar-refractivity contribution < 1.29 is 21.6 Å². The van der Waals surface area contributed by atoms with Gasteiger partial charge in [-0.05, 0) is 42.1 Å². The van der Waals surface area contributed by atoms with Gasteiger partial charge in [0.05, 0.1) is 10.5 Å². The van der Waals surface area contributed by atoms with E-state index in [1.807, 2.05) is 18.2 Å². The van der Waals surface area contributed by atoms with E-state index in [0.29, 0.717) is 42.0 Å². The number of anilines is 1. The summed E-state index contributed by atoms with van der Waals surface area (Å²) in [5.74, 6) is 0.553. The Morgan fingerprint density at radius 2 is 1.84 bits per heavy atom. The number of hydrogen-bond acceptors (Lipinski definition) is 6. The van der Waals surface area contributed by atoms with Crippen molar-refractivity contribution >= 4 is 34.8 Å². The summed E-state index contributed by atoms with van der Waals surface area (Å²) < 4.78 is 69.3. The van der Waals surface area contributed by atoms with E-state index >= 15 is 0 Å². The van der Waals surface area contributed by atoms with Crippen LogP contribution in [0.25, 0.3) is 5.65 Å². The molecule has 37 heavy (non-hydrogen) atoms. The molecule has 3 aromatic heterocycles. The van der Waals surface area contributed by atoms with E-state index in [1.54, 1.807) is 16.9 Å². The number of pyridine rings is 1. The van der Waals surface area contributed by atoms with Gasteiger partial charge < -0.3 is 5.32 Å². The first-order chi connectivity index (χ1) is 17.6. The van der Waals surface area contributed by atoms with Crippen LogP contribution >= 0.6 is 0 Å². The molecule has 8 nitrogen and oxygen atoms in total. The molecule has 0 aliphatic carbocycles. The Bertz CT molecular complexity index is 1520. The number of halogens is 3. The summed E-state index contributed by atoms with van der Waals surface area (Å²) in [6.07, 6.45) is 0.964. The number of sulfonamides is 1. The SMILES string of the molecule is [B]c1cnn2c(NCc3cccnc3)cc(C3CCN(S(=O)(=O)c4ccccc4C(F)(F)F)CC3)nc12. The van der Waals surface area contributed by atoms with E-state index in [1.165, 1.54) is 18.3 Å². The van der Waals surface area contributed by atoms with Crippen LogP contribution in [-0.2, 0) is 22.7 Å². The van der Waals surface area contributed by atoms with Crippen LogP contribution in [0.2, 0.25) is 0 Å². The summed E-state index contributed by atoms with van der Waals surface area (Å²) in [6, 6.07) is 9.89. The third-order valence-corrected chi connectivity index (χ3v) is 8.35. The van der Waals surface area contributed by atoms with Crippen molar-refractivity contribution in [1.29, 1.82) is 0 Å². The second-order valence-electron chi connectivity index (χ2n) is 8.79. The minimum atomic E-state index is -4.77. The zero-order chi connectivity index (χ0) is 26.2. The predicted octanol–water partition coefficient (Wildman–Crippen LogP) is 3.12. The Morgan fingerprint density at radius 1 is 1.08 bits per heavy atom. The molecule has 0 spiro atoms. The van der Waals surface area contributed by atoms with E-state index in [-0.39, 0.29) is 19.0 Å². The molecule has 13 heteroatoms. The Balaban J connectivity index is 1.37. The van der Waals surface area contributed by atoms with Crippen LogP contribution in [0.15, 0.2) is 66.0 Å². The molecule has 190 valence electrons. The smallest absolute Gasteiger partial charge is 0.366 e. The van der Waals surface area contributed by atoms with Gasteiger partial charge in [-0.3, -0.25) is 4.98 Å². The van der Waals surface area contributed by atoms with Crippen molar-refractivity contribution in [1.82, 2.24) is 23.9 Å². The summed E-state index contributed by atoms with van der Waals surface area (Å²) in [7, 11) is 1.76. The Labute approximate surface area is 213 Å². The normalized spacial score (nSPS) is 15.8. The number of nitrogens with zero attached hydrogens (tertiary/aromatic N) is 5. The highest BCUT2D eigenvalue weighted by atomic mass is 32.2. The van der Waals surface area contributed by atoms with Gasteiger partial charge in [-0.15, -0.1) is 0 Å². The molecule has 1 fully saturated rings. The van der Waals surface area contributed by atoms with Crippen molar-refractivity contribution in [2.75, 3.05) is 18.4 Å². The molecule has 0 atom stereocenters. The number of alkyl halides is 3. The lowest BCUT2D eigenvalue weighted by Gasteiger charge is -2.31. The van der Waals surface area contributed by atoms with E-state index in [0.717, 1.165) is 22.0 Å². The number of benzene rings is 1. The van der Waals surface area contributed by atoms with Gasteiger partial charge in [-0.25, -0.2) is 13.4 Å². The van der Waals surface area contributed by atoms with E-state index in [2.05, 4.69) is 20.4 Å². The van der Waals surface area contributed by atoms with Gasteiger partial charge in [0.25, 0.3) is 0 Å². The lowest BCUT2D eigenvalue weighted by Crippen LogP contribution is -2.38. The molecule has 1 saturated heterocycles. The summed E-state index contributed by atoms with van der Waals surface area (Å²) in [4.78, 5) is 8.06. The molecule has 0 saturated carbocycles. The van der Waals surface area contributed by atoms with Crippen LogP contribution in [0.5, 0.6) is 0 Å². The molecule has 4 heterocycles. The average Bonchev–Trinajstić information content (AvgIpc) is 3.28. The predicted molar refractivity (Wildman–Crippen MR) is 132 cm³/mol. The second-order valence-corrected chi connectivity index (χ2v) is 10.7. The first-order valence-corrected chi connectivity index (χ1v) is 13.0. The van der Waals surface area contributed by atoms with Crippen LogP contribution in [0.4, 0.5) is 19.0 Å². The fraction of sp³-hybridized carbons (Fsp3) is 0.292. The van der Waals surface area contributed by atoms with Crippen molar-refractivity contribution in [2.24, 2.45) is 0 Å². The van der Waals surface area contributed by atoms with Crippen LogP contribution in [0.1, 0.15) is 35.6 Å². The highest BCUT2D eigenvalue weighted by Crippen LogP contribution is 2.37. The summed E-state index contributed by atoms with van der Waals surface area (Å²) in [6.45, 7) is 0.625. The first-order valence-electron chi connectivity index (χ1n) is 11.6. The molecule has 1 aliphatic heterocycles. The van der Waals surface area contributed by atoms with Crippen LogP contribution in [-0.4, -0.2) is 53.2 Å². The maximum absolute atomic E-state index is 13.5. The highest BCUT2D eigenvalue weighted by molar-refractivity contribution is 7.89. The third kappa shape index (κ3) is 5.05. The quantitative estimate of drug-likeness (QED) is 0.389. The molecule has 0 bridgehead atoms. The highest BCUT2D eigenvalue weighted by Gasteiger charge is 2.40. The van der Waals surface area contributed by atoms with Gasteiger partial charge in [0.15, 0.2) is 0 Å². The lowest BCUT2D eigenvalue weighted by molar-refractivity contribution is -0.139. The zero-order valence-corrected chi connectivity index (χ0v) is 20.4. The number of nitrogens with one attached hydrogen (secondary N) is 1. The average molecular weight is 526 g/mol. The van der Waals surface area contributed by atoms with Crippen molar-refractivity contribution in [3.8, 4) is 0 Å². The molecule has 2 radical (unpaired) electrons. The number of rotatable bonds is 6. The topological polar surface area (TPSA) is 92.5 Å². The molecular formula is C24H22BF3N6O2S. The van der Waals surface area contributed by atoms with Crippen LogP contribution < -0.4 is 10.8 Å². The maximum Gasteiger partial charge on any atom is 0.417 e. The van der Waals surface area contributed by atoms with Gasteiger partial charge in [-0.1, -0.05) is 18.2 Å². The van der Waals surface area contributed by atoms with Crippen LogP contribution in [0.3, 0.4) is 0 Å². The van der Waals surface area contributed by atoms with Crippen molar-refractivity contribution in [2.45, 2.75) is 36.4 Å². The number of fused-ring (bicyclic) bond motifs is 1. The van der Waals surface area contributed by atoms with Gasteiger partial charge >= 0.3 is 6.18 Å². The Kier molecular flexibility index (Phi) is 6.67. The number of hydrogen-bond donors (Lipinski definition) is 1. The second kappa shape index (κ2) is 9.79. The largest absolute Gasteiger partial charge is 0.417 e. The standard InChI is InChI=1S/C24H22BF3N6O2S/c25-19-15-31-34-22(30-14-16-4-3-9-29-13-16)12-20(32-23(19)34)17-7-10-33(11-8-17)37(35,36)21-6-2-1-5-18(21)24(26,27)28/h1-6,9,12-13,15,17,30H,7-8,10-11,14H2. The molecular weight excluding hydrogens is 504 g/mol. The Morgan fingerprint density at radius 3 is 2.54 bits per heavy atom. The fourth-order valence-corrected chi connectivity index (χ4v) is 6.17. The molecule has 1 N–H and O–H groups in total. The molecule has 0 unspecified atom stereocenters. The van der Waals surface area contributed by atoms with Gasteiger partial charge in [0.1, 0.15) is 19.3 Å². The zero-order valence-electron chi connectivity index (χ0n) is 19.6. The minimum Gasteiger partial charge on any atom is -0.366 e. The summed E-state index contributed by atoms with van der Waals surface area (Å²) in [5, 5.41) is 7.62. The summed E-state index contributed by atoms with van der Waals surface area (Å²) >= 11 is 0. The number of piperidine rings is 1. The third-order valence-electron chi connectivity index (χ3n) is 6.40. The molecule has 1 aliphatic rings. The lowest BCUT2D eigenvalue weighted by atomic mass is 9.94. The Hall–Kier alpha value is -3.45. The molecule has 0 amide bonds.